The van der Waals surface area contributed by atoms with E-state index >= 15 is 0 Å². The second-order valence-corrected chi connectivity index (χ2v) is 16.9. The zero-order valence-electron chi connectivity index (χ0n) is 11.5. The van der Waals surface area contributed by atoms with E-state index in [1.165, 1.54) is 37.2 Å². The first-order chi connectivity index (χ1) is 9.01. The van der Waals surface area contributed by atoms with Crippen molar-refractivity contribution in [2.75, 3.05) is 12.3 Å². The number of hydrogen-bond acceptors (Lipinski definition) is 0. The van der Waals surface area contributed by atoms with Gasteiger partial charge in [-0.1, -0.05) is 26.8 Å². The maximum absolute atomic E-state index is 5.00. The molecular formula is C14H20Cl3PZr-. The fourth-order valence-electron chi connectivity index (χ4n) is 1.56. The zero-order chi connectivity index (χ0) is 14.7. The monoisotopic (exact) mass is 414 g/mol. The van der Waals surface area contributed by atoms with Gasteiger partial charge in [-0.2, -0.15) is 6.07 Å². The molecule has 0 spiro atoms. The number of hydrogen-bond donors (Lipinski definition) is 0. The molecule has 0 radical (unpaired) electrons. The van der Waals surface area contributed by atoms with E-state index in [0.717, 1.165) is 0 Å². The van der Waals surface area contributed by atoms with Crippen molar-refractivity contribution in [3.8, 4) is 0 Å². The second kappa shape index (κ2) is 12.7. The van der Waals surface area contributed by atoms with Crippen molar-refractivity contribution in [1.82, 2.24) is 0 Å². The zero-order valence-corrected chi connectivity index (χ0v) is 17.2. The molecule has 0 unspecified atom stereocenters. The molecule has 5 heteroatoms. The van der Waals surface area contributed by atoms with Gasteiger partial charge in [-0.3, -0.25) is 0 Å². The SMILES string of the molecule is CCPCC.Cc1cc2ccccc2[cH-]1.[Cl][Zr]([Cl])[Cl]. The Morgan fingerprint density at radius 3 is 2.05 bits per heavy atom. The Balaban J connectivity index is 0.000000307. The van der Waals surface area contributed by atoms with Crippen molar-refractivity contribution in [1.29, 1.82) is 0 Å². The van der Waals surface area contributed by atoms with Gasteiger partial charge in [0.1, 0.15) is 0 Å². The molecule has 19 heavy (non-hydrogen) atoms. The average molecular weight is 417 g/mol. The molecule has 0 amide bonds. The summed E-state index contributed by atoms with van der Waals surface area (Å²) < 4.78 is 0. The summed E-state index contributed by atoms with van der Waals surface area (Å²) in [6, 6.07) is 12.8. The molecule has 107 valence electrons. The molecule has 0 aliphatic heterocycles. The minimum atomic E-state index is -2.13. The van der Waals surface area contributed by atoms with Gasteiger partial charge in [0.2, 0.25) is 0 Å². The van der Waals surface area contributed by atoms with Crippen LogP contribution < -0.4 is 0 Å². The van der Waals surface area contributed by atoms with Crippen molar-refractivity contribution in [3.63, 3.8) is 0 Å². The molecule has 0 saturated carbocycles. The predicted octanol–water partition coefficient (Wildman–Crippen LogP) is 6.64. The summed E-state index contributed by atoms with van der Waals surface area (Å²) in [5.41, 5.74) is 1.35. The van der Waals surface area contributed by atoms with Crippen LogP contribution in [0.2, 0.25) is 0 Å². The van der Waals surface area contributed by atoms with E-state index in [2.05, 4.69) is 57.2 Å². The third-order valence-electron chi connectivity index (χ3n) is 2.26. The molecule has 0 N–H and O–H groups in total. The van der Waals surface area contributed by atoms with Crippen LogP contribution in [0.1, 0.15) is 19.4 Å². The van der Waals surface area contributed by atoms with Gasteiger partial charge in [-0.25, -0.2) is 0 Å². The Morgan fingerprint density at radius 1 is 1.11 bits per heavy atom. The molecule has 0 heterocycles. The first-order valence-corrected chi connectivity index (χ1v) is 17.1. The third kappa shape index (κ3) is 11.4. The normalized spacial score (nSPS) is 9.16. The molecule has 2 rings (SSSR count). The summed E-state index contributed by atoms with van der Waals surface area (Å²) in [5, 5.41) is 2.69. The topological polar surface area (TPSA) is 0 Å². The van der Waals surface area contributed by atoms with Gasteiger partial charge in [0.25, 0.3) is 0 Å². The van der Waals surface area contributed by atoms with E-state index in [-0.39, 0.29) is 0 Å². The van der Waals surface area contributed by atoms with E-state index in [4.69, 9.17) is 25.5 Å². The Morgan fingerprint density at radius 2 is 1.63 bits per heavy atom. The number of halogens is 3. The summed E-state index contributed by atoms with van der Waals surface area (Å²) in [5.74, 6) is 0. The fraction of sp³-hybridized carbons (Fsp3) is 0.357. The maximum atomic E-state index is 5.00. The van der Waals surface area contributed by atoms with Gasteiger partial charge < -0.3 is 0 Å². The summed E-state index contributed by atoms with van der Waals surface area (Å²) in [7, 11) is 16.2. The molecule has 0 nitrogen and oxygen atoms in total. The van der Waals surface area contributed by atoms with Crippen LogP contribution in [0, 0.1) is 6.92 Å². The van der Waals surface area contributed by atoms with E-state index in [9.17, 15) is 0 Å². The second-order valence-electron chi connectivity index (χ2n) is 3.83. The molecule has 0 bridgehead atoms. The number of rotatable bonds is 2. The third-order valence-corrected chi connectivity index (χ3v) is 3.26. The van der Waals surface area contributed by atoms with E-state index < -0.39 is 18.2 Å². The Bertz CT molecular complexity index is 405. The molecule has 2 aromatic rings. The molecule has 0 aliphatic carbocycles. The van der Waals surface area contributed by atoms with Crippen molar-refractivity contribution in [2.45, 2.75) is 20.8 Å². The van der Waals surface area contributed by atoms with Crippen LogP contribution in [0.15, 0.2) is 36.4 Å². The van der Waals surface area contributed by atoms with Crippen molar-refractivity contribution < 1.29 is 18.2 Å². The Labute approximate surface area is 137 Å². The van der Waals surface area contributed by atoms with E-state index in [1.807, 2.05) is 0 Å². The Kier molecular flexibility index (Phi) is 13.4. The summed E-state index contributed by atoms with van der Waals surface area (Å²) in [4.78, 5) is 0. The van der Waals surface area contributed by atoms with Crippen LogP contribution >= 0.6 is 34.1 Å². The van der Waals surface area contributed by atoms with Crippen LogP contribution in [-0.2, 0) is 18.2 Å². The fourth-order valence-corrected chi connectivity index (χ4v) is 2.06. The number of aryl methyl sites for hydroxylation is 1. The average Bonchev–Trinajstić information content (AvgIpc) is 2.70. The van der Waals surface area contributed by atoms with Crippen LogP contribution in [0.3, 0.4) is 0 Å². The van der Waals surface area contributed by atoms with Crippen LogP contribution in [0.25, 0.3) is 10.8 Å². The standard InChI is InChI=1S/C10H9.C4H11P.3ClH.Zr/c1-8-6-9-4-2-3-5-10(9)7-8;1-3-5-4-2;;;;/h2-7H,1H3;5H,3-4H2,1-2H3;3*1H;/q-1;;;;;+3/p-3. The molecular weight excluding hydrogens is 397 g/mol. The predicted molar refractivity (Wildman–Crippen MR) is 91.2 cm³/mol. The van der Waals surface area contributed by atoms with E-state index in [0.29, 0.717) is 0 Å². The Hall–Kier alpha value is 1.01. The van der Waals surface area contributed by atoms with Crippen molar-refractivity contribution in [2.24, 2.45) is 0 Å². The van der Waals surface area contributed by atoms with Crippen molar-refractivity contribution in [3.05, 3.63) is 42.0 Å². The molecule has 2 aromatic carbocycles. The molecule has 0 saturated heterocycles. The molecule has 0 fully saturated rings. The van der Waals surface area contributed by atoms with Gasteiger partial charge in [-0.15, -0.1) is 49.2 Å². The van der Waals surface area contributed by atoms with Crippen LogP contribution in [0.4, 0.5) is 0 Å². The number of benzene rings is 1. The first kappa shape index (κ1) is 20.0. The summed E-state index contributed by atoms with van der Waals surface area (Å²) >= 11 is -2.13. The first-order valence-electron chi connectivity index (χ1n) is 6.17. The van der Waals surface area contributed by atoms with Gasteiger partial charge >= 0.3 is 43.7 Å². The van der Waals surface area contributed by atoms with Crippen molar-refractivity contribution >= 4 is 44.9 Å². The van der Waals surface area contributed by atoms with Gasteiger partial charge in [0, 0.05) is 0 Å². The van der Waals surface area contributed by atoms with Gasteiger partial charge in [0.05, 0.1) is 0 Å². The summed E-state index contributed by atoms with van der Waals surface area (Å²) in [6.07, 6.45) is 2.74. The van der Waals surface area contributed by atoms with E-state index in [1.54, 1.807) is 0 Å². The van der Waals surface area contributed by atoms with Crippen LogP contribution in [0.5, 0.6) is 0 Å². The molecule has 0 aromatic heterocycles. The van der Waals surface area contributed by atoms with Gasteiger partial charge in [0.15, 0.2) is 0 Å². The molecule has 0 aliphatic rings. The minimum absolute atomic E-state index is 1.20. The quantitative estimate of drug-likeness (QED) is 0.380. The number of fused-ring (bicyclic) bond motifs is 1. The molecule has 0 atom stereocenters. The summed E-state index contributed by atoms with van der Waals surface area (Å²) in [6.45, 7) is 6.57. The van der Waals surface area contributed by atoms with Gasteiger partial charge in [-0.05, 0) is 12.3 Å². The van der Waals surface area contributed by atoms with Crippen LogP contribution in [-0.4, -0.2) is 12.3 Å².